The number of halogens is 1. The second kappa shape index (κ2) is 2.86. The minimum atomic E-state index is -0.600. The van der Waals surface area contributed by atoms with E-state index in [1.807, 2.05) is 12.1 Å². The molecule has 1 saturated carbocycles. The molecule has 1 aliphatic carbocycles. The smallest absolute Gasteiger partial charge is 0.240 e. The van der Waals surface area contributed by atoms with Gasteiger partial charge in [-0.15, -0.1) is 0 Å². The summed E-state index contributed by atoms with van der Waals surface area (Å²) in [6, 6.07) is 7.24. The van der Waals surface area contributed by atoms with Crippen LogP contribution in [-0.2, 0) is 15.0 Å². The molecule has 2 amide bonds. The number of benzene rings is 1. The Labute approximate surface area is 98.0 Å². The van der Waals surface area contributed by atoms with Crippen LogP contribution >= 0.6 is 11.6 Å². The zero-order chi connectivity index (χ0) is 11.5. The summed E-state index contributed by atoms with van der Waals surface area (Å²) in [5.74, 6) is -0.321. The minimum absolute atomic E-state index is 0.0648. The topological polar surface area (TPSA) is 37.4 Å². The Bertz CT molecular complexity index is 513. The lowest BCUT2D eigenvalue weighted by Gasteiger charge is -2.14. The summed E-state index contributed by atoms with van der Waals surface area (Å²) in [5.41, 5.74) is 0.268. The first-order valence-corrected chi connectivity index (χ1v) is 5.53. The molecule has 0 N–H and O–H groups in total. The third-order valence-corrected chi connectivity index (χ3v) is 3.85. The van der Waals surface area contributed by atoms with Crippen LogP contribution in [0, 0.1) is 5.92 Å². The number of hydrogen-bond donors (Lipinski definition) is 0. The van der Waals surface area contributed by atoms with E-state index in [1.165, 1.54) is 4.90 Å². The van der Waals surface area contributed by atoms with E-state index in [-0.39, 0.29) is 17.7 Å². The monoisotopic (exact) mass is 235 g/mol. The van der Waals surface area contributed by atoms with Gasteiger partial charge in [0.05, 0.1) is 11.3 Å². The maximum atomic E-state index is 12.1. The Kier molecular flexibility index (Phi) is 1.76. The van der Waals surface area contributed by atoms with Crippen molar-refractivity contribution in [2.75, 3.05) is 7.05 Å². The molecule has 2 unspecified atom stereocenters. The molecule has 2 fully saturated rings. The fourth-order valence-electron chi connectivity index (χ4n) is 2.64. The SMILES string of the molecule is CN1C(=O)C2CC2(c2cccc(Cl)c2)C1=O. The van der Waals surface area contributed by atoms with E-state index >= 15 is 0 Å². The van der Waals surface area contributed by atoms with Gasteiger partial charge >= 0.3 is 0 Å². The van der Waals surface area contributed by atoms with Gasteiger partial charge in [-0.3, -0.25) is 14.5 Å². The normalized spacial score (nSPS) is 31.9. The zero-order valence-electron chi connectivity index (χ0n) is 8.74. The van der Waals surface area contributed by atoms with Gasteiger partial charge in [0.25, 0.3) is 0 Å². The van der Waals surface area contributed by atoms with Gasteiger partial charge in [-0.2, -0.15) is 0 Å². The number of imide groups is 1. The van der Waals surface area contributed by atoms with Gasteiger partial charge in [-0.25, -0.2) is 0 Å². The first kappa shape index (κ1) is 9.85. The number of hydrogen-bond acceptors (Lipinski definition) is 2. The number of fused-ring (bicyclic) bond motifs is 1. The van der Waals surface area contributed by atoms with Crippen LogP contribution in [0.1, 0.15) is 12.0 Å². The summed E-state index contributed by atoms with van der Waals surface area (Å²) in [7, 11) is 1.54. The van der Waals surface area contributed by atoms with Crippen molar-refractivity contribution < 1.29 is 9.59 Å². The second-order valence-electron chi connectivity index (χ2n) is 4.44. The molecular formula is C12H10ClNO2. The van der Waals surface area contributed by atoms with Gasteiger partial charge in [-0.05, 0) is 24.1 Å². The van der Waals surface area contributed by atoms with Crippen molar-refractivity contribution in [2.24, 2.45) is 5.92 Å². The molecule has 0 bridgehead atoms. The third-order valence-electron chi connectivity index (χ3n) is 3.62. The Morgan fingerprint density at radius 1 is 1.44 bits per heavy atom. The number of nitrogens with zero attached hydrogens (tertiary/aromatic N) is 1. The van der Waals surface area contributed by atoms with Crippen LogP contribution in [0.15, 0.2) is 24.3 Å². The lowest BCUT2D eigenvalue weighted by atomic mass is 9.94. The summed E-state index contributed by atoms with van der Waals surface area (Å²) >= 11 is 5.91. The van der Waals surface area contributed by atoms with E-state index in [0.717, 1.165) is 5.56 Å². The minimum Gasteiger partial charge on any atom is -0.285 e. The third kappa shape index (κ3) is 0.990. The molecule has 1 aromatic rings. The maximum Gasteiger partial charge on any atom is 0.240 e. The van der Waals surface area contributed by atoms with E-state index in [1.54, 1.807) is 19.2 Å². The fourth-order valence-corrected chi connectivity index (χ4v) is 2.83. The highest BCUT2D eigenvalue weighted by molar-refractivity contribution is 6.30. The highest BCUT2D eigenvalue weighted by Gasteiger charge is 2.71. The average molecular weight is 236 g/mol. The lowest BCUT2D eigenvalue weighted by Crippen LogP contribution is -2.32. The number of likely N-dealkylation sites (tertiary alicyclic amines) is 1. The number of carbonyl (C=O) groups excluding carboxylic acids is 2. The molecule has 1 heterocycles. The molecular weight excluding hydrogens is 226 g/mol. The molecule has 0 aromatic heterocycles. The second-order valence-corrected chi connectivity index (χ2v) is 4.88. The van der Waals surface area contributed by atoms with Crippen LogP contribution in [0.2, 0.25) is 5.02 Å². The van der Waals surface area contributed by atoms with Crippen LogP contribution in [0.3, 0.4) is 0 Å². The molecule has 4 heteroatoms. The molecule has 2 atom stereocenters. The molecule has 2 aliphatic rings. The van der Waals surface area contributed by atoms with E-state index in [4.69, 9.17) is 11.6 Å². The molecule has 3 nitrogen and oxygen atoms in total. The van der Waals surface area contributed by atoms with Crippen LogP contribution < -0.4 is 0 Å². The predicted molar refractivity (Wildman–Crippen MR) is 59.0 cm³/mol. The van der Waals surface area contributed by atoms with Crippen molar-refractivity contribution in [2.45, 2.75) is 11.8 Å². The Morgan fingerprint density at radius 3 is 2.75 bits per heavy atom. The number of likely N-dealkylation sites (N-methyl/N-ethyl adjacent to an activating group) is 1. The van der Waals surface area contributed by atoms with Crippen LogP contribution in [0.4, 0.5) is 0 Å². The van der Waals surface area contributed by atoms with Crippen LogP contribution in [-0.4, -0.2) is 23.8 Å². The van der Waals surface area contributed by atoms with Crippen molar-refractivity contribution in [3.63, 3.8) is 0 Å². The number of carbonyl (C=O) groups is 2. The van der Waals surface area contributed by atoms with E-state index in [2.05, 4.69) is 0 Å². The largest absolute Gasteiger partial charge is 0.285 e. The fraction of sp³-hybridized carbons (Fsp3) is 0.333. The summed E-state index contributed by atoms with van der Waals surface area (Å²) < 4.78 is 0. The van der Waals surface area contributed by atoms with Gasteiger partial charge < -0.3 is 0 Å². The Hall–Kier alpha value is -1.35. The summed E-state index contributed by atoms with van der Waals surface area (Å²) in [5, 5.41) is 0.604. The predicted octanol–water partition coefficient (Wildman–Crippen LogP) is 1.60. The molecule has 0 spiro atoms. The number of rotatable bonds is 1. The summed E-state index contributed by atoms with van der Waals surface area (Å²) in [6.07, 6.45) is 0.634. The number of piperidine rings is 1. The van der Waals surface area contributed by atoms with Crippen molar-refractivity contribution in [1.82, 2.24) is 4.90 Å². The van der Waals surface area contributed by atoms with Gasteiger partial charge in [0.2, 0.25) is 11.8 Å². The van der Waals surface area contributed by atoms with E-state index in [0.29, 0.717) is 11.4 Å². The Morgan fingerprint density at radius 2 is 2.19 bits per heavy atom. The highest BCUT2D eigenvalue weighted by Crippen LogP contribution is 2.60. The summed E-state index contributed by atoms with van der Waals surface area (Å²) in [4.78, 5) is 25.0. The molecule has 1 saturated heterocycles. The highest BCUT2D eigenvalue weighted by atomic mass is 35.5. The van der Waals surface area contributed by atoms with Crippen molar-refractivity contribution >= 4 is 23.4 Å². The number of amides is 2. The molecule has 82 valence electrons. The van der Waals surface area contributed by atoms with Crippen molar-refractivity contribution in [3.8, 4) is 0 Å². The standard InChI is InChI=1S/C12H10ClNO2/c1-14-10(15)9-6-12(9,11(14)16)7-3-2-4-8(13)5-7/h2-5,9H,6H2,1H3. The van der Waals surface area contributed by atoms with Gasteiger partial charge in [0.15, 0.2) is 0 Å². The molecule has 16 heavy (non-hydrogen) atoms. The molecule has 1 aliphatic heterocycles. The molecule has 0 radical (unpaired) electrons. The Balaban J connectivity index is 2.10. The first-order valence-electron chi connectivity index (χ1n) is 5.15. The lowest BCUT2D eigenvalue weighted by molar-refractivity contribution is -0.140. The summed E-state index contributed by atoms with van der Waals surface area (Å²) in [6.45, 7) is 0. The van der Waals surface area contributed by atoms with Crippen molar-refractivity contribution in [3.05, 3.63) is 34.9 Å². The molecule has 1 aromatic carbocycles. The van der Waals surface area contributed by atoms with Crippen molar-refractivity contribution in [1.29, 1.82) is 0 Å². The van der Waals surface area contributed by atoms with Crippen LogP contribution in [0.5, 0.6) is 0 Å². The average Bonchev–Trinajstić information content (AvgIpc) is 2.98. The van der Waals surface area contributed by atoms with Gasteiger partial charge in [0, 0.05) is 12.1 Å². The first-order chi connectivity index (χ1) is 7.57. The van der Waals surface area contributed by atoms with E-state index in [9.17, 15) is 9.59 Å². The van der Waals surface area contributed by atoms with Crippen LogP contribution in [0.25, 0.3) is 0 Å². The van der Waals surface area contributed by atoms with Gasteiger partial charge in [0.1, 0.15) is 0 Å². The van der Waals surface area contributed by atoms with Gasteiger partial charge in [-0.1, -0.05) is 23.7 Å². The zero-order valence-corrected chi connectivity index (χ0v) is 9.49. The molecule has 3 rings (SSSR count). The van der Waals surface area contributed by atoms with E-state index < -0.39 is 5.41 Å². The maximum absolute atomic E-state index is 12.1. The quantitative estimate of drug-likeness (QED) is 0.694.